The molecule has 152 valence electrons. The largest absolute Gasteiger partial charge is 0.488 e. The molecule has 0 spiro atoms. The van der Waals surface area contributed by atoms with E-state index in [4.69, 9.17) is 9.84 Å². The number of carboxylic acid groups (broad SMARTS) is 1. The highest BCUT2D eigenvalue weighted by atomic mass is 32.1. The van der Waals surface area contributed by atoms with Gasteiger partial charge in [-0.1, -0.05) is 53.8 Å². The number of para-hydroxylation sites is 3. The van der Waals surface area contributed by atoms with Gasteiger partial charge in [0.15, 0.2) is 4.96 Å². The first-order valence-electron chi connectivity index (χ1n) is 9.56. The Hall–Kier alpha value is -3.97. The minimum atomic E-state index is -0.978. The van der Waals surface area contributed by atoms with E-state index >= 15 is 0 Å². The molecule has 6 nitrogen and oxygen atoms in total. The van der Waals surface area contributed by atoms with Crippen LogP contribution in [-0.4, -0.2) is 20.5 Å². The third-order valence-corrected chi connectivity index (χ3v) is 5.89. The monoisotopic (exact) mass is 428 g/mol. The van der Waals surface area contributed by atoms with Gasteiger partial charge >= 0.3 is 5.97 Å². The summed E-state index contributed by atoms with van der Waals surface area (Å²) in [5, 5.41) is 9.16. The van der Waals surface area contributed by atoms with Gasteiger partial charge in [0.25, 0.3) is 5.56 Å². The zero-order valence-electron chi connectivity index (χ0n) is 16.2. The standard InChI is InChI=1S/C24H16N2O4S/c27-22-21(31-24-25-18-9-2-3-10-19(18)26(22)24)13-16-7-1-4-11-20(16)30-14-15-6-5-8-17(12-15)23(28)29/h1-13H,14H2,(H,28,29). The molecule has 0 atom stereocenters. The molecule has 0 amide bonds. The Bertz CT molecular complexity index is 1550. The molecule has 2 heterocycles. The van der Waals surface area contributed by atoms with Crippen LogP contribution in [0.5, 0.6) is 5.75 Å². The Labute approximate surface area is 180 Å². The Kier molecular flexibility index (Phi) is 4.72. The van der Waals surface area contributed by atoms with Crippen LogP contribution < -0.4 is 14.8 Å². The quantitative estimate of drug-likeness (QED) is 0.461. The average molecular weight is 428 g/mol. The summed E-state index contributed by atoms with van der Waals surface area (Å²) in [6, 6.07) is 21.6. The minimum absolute atomic E-state index is 0.113. The number of benzene rings is 3. The van der Waals surface area contributed by atoms with Crippen molar-refractivity contribution < 1.29 is 14.6 Å². The van der Waals surface area contributed by atoms with Gasteiger partial charge in [0.05, 0.1) is 21.1 Å². The van der Waals surface area contributed by atoms with Crippen molar-refractivity contribution in [2.45, 2.75) is 6.61 Å². The lowest BCUT2D eigenvalue weighted by molar-refractivity contribution is 0.0696. The highest BCUT2D eigenvalue weighted by molar-refractivity contribution is 7.15. The molecule has 31 heavy (non-hydrogen) atoms. The van der Waals surface area contributed by atoms with Crippen molar-refractivity contribution in [3.8, 4) is 5.75 Å². The molecule has 0 saturated carbocycles. The second kappa shape index (κ2) is 7.70. The SMILES string of the molecule is O=C(O)c1cccc(COc2ccccc2C=c2sc3nc4ccccc4n3c2=O)c1. The van der Waals surface area contributed by atoms with Gasteiger partial charge in [-0.3, -0.25) is 4.79 Å². The summed E-state index contributed by atoms with van der Waals surface area (Å²) in [6.45, 7) is 0.217. The maximum absolute atomic E-state index is 13.0. The molecule has 0 aliphatic carbocycles. The fourth-order valence-corrected chi connectivity index (χ4v) is 4.42. The van der Waals surface area contributed by atoms with Crippen molar-refractivity contribution in [2.75, 3.05) is 0 Å². The lowest BCUT2D eigenvalue weighted by Gasteiger charge is -2.09. The van der Waals surface area contributed by atoms with Crippen LogP contribution in [0, 0.1) is 0 Å². The zero-order chi connectivity index (χ0) is 21.4. The van der Waals surface area contributed by atoms with E-state index in [9.17, 15) is 9.59 Å². The van der Waals surface area contributed by atoms with Gasteiger partial charge in [0.1, 0.15) is 12.4 Å². The molecule has 0 aliphatic rings. The summed E-state index contributed by atoms with van der Waals surface area (Å²) in [4.78, 5) is 29.4. The van der Waals surface area contributed by atoms with Gasteiger partial charge in [-0.05, 0) is 42.0 Å². The van der Waals surface area contributed by atoms with Gasteiger partial charge in [0.2, 0.25) is 0 Å². The average Bonchev–Trinajstić information content (AvgIpc) is 3.29. The summed E-state index contributed by atoms with van der Waals surface area (Å²) in [6.07, 6.45) is 1.81. The number of carbonyl (C=O) groups is 1. The van der Waals surface area contributed by atoms with Crippen molar-refractivity contribution in [1.29, 1.82) is 0 Å². The third kappa shape index (κ3) is 3.55. The third-order valence-electron chi connectivity index (χ3n) is 4.92. The summed E-state index contributed by atoms with van der Waals surface area (Å²) in [5.41, 5.74) is 3.21. The number of nitrogens with zero attached hydrogens (tertiary/aromatic N) is 2. The van der Waals surface area contributed by atoms with E-state index in [0.29, 0.717) is 15.2 Å². The van der Waals surface area contributed by atoms with Crippen molar-refractivity contribution in [3.63, 3.8) is 0 Å². The maximum Gasteiger partial charge on any atom is 0.335 e. The van der Waals surface area contributed by atoms with Crippen molar-refractivity contribution >= 4 is 39.4 Å². The Balaban J connectivity index is 1.50. The molecule has 5 aromatic rings. The van der Waals surface area contributed by atoms with Crippen LogP contribution in [0.25, 0.3) is 22.1 Å². The zero-order valence-corrected chi connectivity index (χ0v) is 17.0. The number of fused-ring (bicyclic) bond motifs is 3. The molecule has 1 N–H and O–H groups in total. The lowest BCUT2D eigenvalue weighted by Crippen LogP contribution is -2.22. The molecule has 7 heteroatoms. The molecular formula is C24H16N2O4S. The van der Waals surface area contributed by atoms with Crippen molar-refractivity contribution in [3.05, 3.63) is 104 Å². The van der Waals surface area contributed by atoms with E-state index in [1.54, 1.807) is 28.7 Å². The smallest absolute Gasteiger partial charge is 0.335 e. The molecule has 0 radical (unpaired) electrons. The Morgan fingerprint density at radius 1 is 1.06 bits per heavy atom. The van der Waals surface area contributed by atoms with E-state index in [0.717, 1.165) is 22.2 Å². The second-order valence-electron chi connectivity index (χ2n) is 6.97. The van der Waals surface area contributed by atoms with Crippen LogP contribution in [-0.2, 0) is 6.61 Å². The van der Waals surface area contributed by atoms with E-state index in [-0.39, 0.29) is 17.7 Å². The second-order valence-corrected chi connectivity index (χ2v) is 7.98. The number of imidazole rings is 1. The summed E-state index contributed by atoms with van der Waals surface area (Å²) >= 11 is 1.34. The number of aromatic carboxylic acids is 1. The van der Waals surface area contributed by atoms with Gasteiger partial charge in [-0.25, -0.2) is 14.2 Å². The molecule has 3 aromatic carbocycles. The van der Waals surface area contributed by atoms with Gasteiger partial charge in [-0.15, -0.1) is 0 Å². The lowest BCUT2D eigenvalue weighted by atomic mass is 10.1. The number of rotatable bonds is 5. The molecule has 2 aromatic heterocycles. The summed E-state index contributed by atoms with van der Waals surface area (Å²) < 4.78 is 8.15. The van der Waals surface area contributed by atoms with Gasteiger partial charge in [0, 0.05) is 5.56 Å². The first-order valence-corrected chi connectivity index (χ1v) is 10.4. The molecule has 0 aliphatic heterocycles. The van der Waals surface area contributed by atoms with Crippen molar-refractivity contribution in [1.82, 2.24) is 9.38 Å². The van der Waals surface area contributed by atoms with Crippen LogP contribution in [0.2, 0.25) is 0 Å². The number of ether oxygens (including phenoxy) is 1. The van der Waals surface area contributed by atoms with Crippen molar-refractivity contribution in [2.24, 2.45) is 0 Å². The van der Waals surface area contributed by atoms with Crippen LogP contribution in [0.15, 0.2) is 77.6 Å². The van der Waals surface area contributed by atoms with Gasteiger partial charge < -0.3 is 9.84 Å². The molecule has 5 rings (SSSR count). The predicted octanol–water partition coefficient (Wildman–Crippen LogP) is 3.73. The topological polar surface area (TPSA) is 80.9 Å². The first kappa shape index (κ1) is 19.0. The first-order chi connectivity index (χ1) is 15.1. The number of thiazole rings is 1. The van der Waals surface area contributed by atoms with Crippen LogP contribution >= 0.6 is 11.3 Å². The van der Waals surface area contributed by atoms with E-state index in [2.05, 4.69) is 4.98 Å². The van der Waals surface area contributed by atoms with Crippen LogP contribution in [0.3, 0.4) is 0 Å². The van der Waals surface area contributed by atoms with Crippen LogP contribution in [0.1, 0.15) is 21.5 Å². The van der Waals surface area contributed by atoms with Gasteiger partial charge in [-0.2, -0.15) is 0 Å². The van der Waals surface area contributed by atoms with E-state index in [1.807, 2.05) is 54.6 Å². The Morgan fingerprint density at radius 2 is 1.87 bits per heavy atom. The molecule has 0 saturated heterocycles. The molecular weight excluding hydrogens is 412 g/mol. The van der Waals surface area contributed by atoms with E-state index < -0.39 is 5.97 Å². The van der Waals surface area contributed by atoms with E-state index in [1.165, 1.54) is 11.3 Å². The minimum Gasteiger partial charge on any atom is -0.488 e. The maximum atomic E-state index is 13.0. The summed E-state index contributed by atoms with van der Waals surface area (Å²) in [5.74, 6) is -0.368. The fourth-order valence-electron chi connectivity index (χ4n) is 3.44. The Morgan fingerprint density at radius 3 is 2.74 bits per heavy atom. The molecule has 0 fully saturated rings. The predicted molar refractivity (Wildman–Crippen MR) is 120 cm³/mol. The highest BCUT2D eigenvalue weighted by Crippen LogP contribution is 2.21. The normalized spacial score (nSPS) is 11.9. The molecule has 0 unspecified atom stereocenters. The highest BCUT2D eigenvalue weighted by Gasteiger charge is 2.11. The summed E-state index contributed by atoms with van der Waals surface area (Å²) in [7, 11) is 0. The molecule has 0 bridgehead atoms. The van der Waals surface area contributed by atoms with Crippen LogP contribution in [0.4, 0.5) is 0 Å². The number of hydrogen-bond acceptors (Lipinski definition) is 5. The number of aromatic nitrogens is 2. The number of hydrogen-bond donors (Lipinski definition) is 1. The fraction of sp³-hybridized carbons (Fsp3) is 0.0417. The number of carboxylic acids is 1.